The summed E-state index contributed by atoms with van der Waals surface area (Å²) in [6, 6.07) is 11.5. The van der Waals surface area contributed by atoms with E-state index >= 15 is 0 Å². The van der Waals surface area contributed by atoms with E-state index in [0.717, 1.165) is 42.6 Å². The minimum absolute atomic E-state index is 0.295. The molecule has 0 saturated heterocycles. The second-order valence-electron chi connectivity index (χ2n) is 8.20. The lowest BCUT2D eigenvalue weighted by Crippen LogP contribution is -2.48. The number of nitrogens with one attached hydrogen (secondary N) is 1. The van der Waals surface area contributed by atoms with Crippen LogP contribution in [0.3, 0.4) is 0 Å². The number of aliphatic imine (C=N–C) groups is 1. The summed E-state index contributed by atoms with van der Waals surface area (Å²) in [6.45, 7) is 5.37. The molecule has 0 unspecified atom stereocenters. The number of methoxy groups -OCH3 is 1. The van der Waals surface area contributed by atoms with Crippen LogP contribution in [0.15, 0.2) is 46.3 Å². The molecule has 4 rings (SSSR count). The quantitative estimate of drug-likeness (QED) is 0.643. The van der Waals surface area contributed by atoms with E-state index in [0.29, 0.717) is 30.0 Å². The monoisotopic (exact) mass is 444 g/mol. The number of ether oxygens (including phenoxy) is 1. The first-order chi connectivity index (χ1) is 15.0. The van der Waals surface area contributed by atoms with Gasteiger partial charge in [0.25, 0.3) is 10.0 Å². The molecule has 0 amide bonds. The van der Waals surface area contributed by atoms with Gasteiger partial charge in [0.2, 0.25) is 5.96 Å². The van der Waals surface area contributed by atoms with Crippen LogP contribution in [0.2, 0.25) is 0 Å². The average Bonchev–Trinajstić information content (AvgIpc) is 3.24. The van der Waals surface area contributed by atoms with Gasteiger partial charge in [0, 0.05) is 25.7 Å². The number of fused-ring (bicyclic) bond motifs is 1. The molecule has 0 bridgehead atoms. The third-order valence-electron chi connectivity index (χ3n) is 6.08. The first kappa shape index (κ1) is 21.9. The summed E-state index contributed by atoms with van der Waals surface area (Å²) in [5.41, 5.74) is 0. The first-order valence-corrected chi connectivity index (χ1v) is 12.6. The van der Waals surface area contributed by atoms with Crippen LogP contribution < -0.4 is 10.1 Å². The van der Waals surface area contributed by atoms with E-state index in [4.69, 9.17) is 4.74 Å². The summed E-state index contributed by atoms with van der Waals surface area (Å²) in [4.78, 5) is 7.00. The summed E-state index contributed by atoms with van der Waals surface area (Å²) in [5.74, 6) is 1.33. The molecule has 8 heteroatoms. The Morgan fingerprint density at radius 1 is 1.16 bits per heavy atom. The van der Waals surface area contributed by atoms with Crippen LogP contribution in [0, 0.1) is 0 Å². The van der Waals surface area contributed by atoms with Gasteiger partial charge in [-0.05, 0) is 54.3 Å². The summed E-state index contributed by atoms with van der Waals surface area (Å²) >= 11 is 0. The van der Waals surface area contributed by atoms with Crippen molar-refractivity contribution >= 4 is 26.8 Å². The Kier molecular flexibility index (Phi) is 6.67. The summed E-state index contributed by atoms with van der Waals surface area (Å²) in [7, 11) is -2.06. The highest BCUT2D eigenvalue weighted by molar-refractivity contribution is 7.89. The summed E-state index contributed by atoms with van der Waals surface area (Å²) < 4.78 is 33.8. The van der Waals surface area contributed by atoms with Gasteiger partial charge in [0.15, 0.2) is 0 Å². The number of nitrogens with zero attached hydrogens (tertiary/aromatic N) is 3. The molecule has 0 atom stereocenters. The van der Waals surface area contributed by atoms with E-state index in [-0.39, 0.29) is 0 Å². The number of hydrogen-bond acceptors (Lipinski definition) is 6. The molecule has 1 saturated carbocycles. The van der Waals surface area contributed by atoms with E-state index in [1.165, 1.54) is 23.6 Å². The number of benzene rings is 2. The third-order valence-corrected chi connectivity index (χ3v) is 7.86. The lowest BCUT2D eigenvalue weighted by Gasteiger charge is -2.32. The first-order valence-electron chi connectivity index (χ1n) is 11.2. The van der Waals surface area contributed by atoms with Crippen LogP contribution in [0.4, 0.5) is 0 Å². The van der Waals surface area contributed by atoms with Gasteiger partial charge in [-0.3, -0.25) is 4.99 Å². The van der Waals surface area contributed by atoms with Crippen molar-refractivity contribution in [2.75, 3.05) is 39.8 Å². The molecule has 1 N–H and O–H groups in total. The predicted molar refractivity (Wildman–Crippen MR) is 124 cm³/mol. The van der Waals surface area contributed by atoms with Gasteiger partial charge in [-0.1, -0.05) is 25.5 Å². The van der Waals surface area contributed by atoms with Crippen LogP contribution in [-0.4, -0.2) is 69.5 Å². The zero-order chi connectivity index (χ0) is 21.8. The Morgan fingerprint density at radius 2 is 1.94 bits per heavy atom. The largest absolute Gasteiger partial charge is 0.497 e. The zero-order valence-electron chi connectivity index (χ0n) is 18.4. The summed E-state index contributed by atoms with van der Waals surface area (Å²) in [5, 5.41) is 5.39. The van der Waals surface area contributed by atoms with Crippen LogP contribution in [0.25, 0.3) is 10.8 Å². The van der Waals surface area contributed by atoms with Gasteiger partial charge in [-0.2, -0.15) is 0 Å². The minimum atomic E-state index is -3.68. The van der Waals surface area contributed by atoms with Crippen molar-refractivity contribution in [2.45, 2.75) is 43.5 Å². The van der Waals surface area contributed by atoms with E-state index in [1.807, 2.05) is 24.3 Å². The Hall–Kier alpha value is -2.32. The molecule has 1 fully saturated rings. The standard InChI is InChI=1S/C23H32N4O3S/c1-3-13-26(14-11-24-20-5-4-6-20)23-25-12-15-27(23)31(28,29)22-10-8-18-16-21(30-2)9-7-19(18)17-22/h7-10,16-17,20,24H,3-6,11-15H2,1-2H3. The van der Waals surface area contributed by atoms with Crippen LogP contribution >= 0.6 is 0 Å². The molecule has 7 nitrogen and oxygen atoms in total. The number of rotatable bonds is 9. The highest BCUT2D eigenvalue weighted by Crippen LogP contribution is 2.27. The van der Waals surface area contributed by atoms with Crippen LogP contribution in [-0.2, 0) is 10.0 Å². The maximum atomic E-state index is 13.5. The molecule has 1 aliphatic heterocycles. The van der Waals surface area contributed by atoms with Crippen molar-refractivity contribution in [2.24, 2.45) is 4.99 Å². The number of sulfonamides is 1. The molecule has 1 heterocycles. The van der Waals surface area contributed by atoms with Crippen LogP contribution in [0.5, 0.6) is 5.75 Å². The Bertz CT molecular complexity index is 1050. The van der Waals surface area contributed by atoms with Gasteiger partial charge in [0.1, 0.15) is 5.75 Å². The van der Waals surface area contributed by atoms with E-state index < -0.39 is 10.0 Å². The van der Waals surface area contributed by atoms with Crippen molar-refractivity contribution in [1.29, 1.82) is 0 Å². The van der Waals surface area contributed by atoms with Gasteiger partial charge >= 0.3 is 0 Å². The predicted octanol–water partition coefficient (Wildman–Crippen LogP) is 3.06. The summed E-state index contributed by atoms with van der Waals surface area (Å²) in [6.07, 6.45) is 4.72. The molecule has 1 aliphatic carbocycles. The van der Waals surface area contributed by atoms with Crippen molar-refractivity contribution in [3.63, 3.8) is 0 Å². The maximum absolute atomic E-state index is 13.5. The molecular weight excluding hydrogens is 412 g/mol. The minimum Gasteiger partial charge on any atom is -0.497 e. The fraction of sp³-hybridized carbons (Fsp3) is 0.522. The molecule has 2 aromatic rings. The topological polar surface area (TPSA) is 74.2 Å². The van der Waals surface area contributed by atoms with Crippen molar-refractivity contribution in [3.05, 3.63) is 36.4 Å². The maximum Gasteiger partial charge on any atom is 0.266 e. The van der Waals surface area contributed by atoms with Gasteiger partial charge in [0.05, 0.1) is 25.1 Å². The average molecular weight is 445 g/mol. The molecule has 31 heavy (non-hydrogen) atoms. The van der Waals surface area contributed by atoms with Gasteiger partial charge in [-0.15, -0.1) is 0 Å². The smallest absolute Gasteiger partial charge is 0.266 e. The van der Waals surface area contributed by atoms with Gasteiger partial charge < -0.3 is 15.0 Å². The lowest BCUT2D eigenvalue weighted by atomic mass is 9.93. The normalized spacial score (nSPS) is 17.0. The molecular formula is C23H32N4O3S. The SMILES string of the molecule is CCCN(CCNC1CCC1)C1=NCCN1S(=O)(=O)c1ccc2cc(OC)ccc2c1. The zero-order valence-corrected chi connectivity index (χ0v) is 19.2. The Labute approximate surface area is 185 Å². The van der Waals surface area contributed by atoms with E-state index in [1.54, 1.807) is 19.2 Å². The van der Waals surface area contributed by atoms with Crippen molar-refractivity contribution < 1.29 is 13.2 Å². The number of hydrogen-bond donors (Lipinski definition) is 1. The molecule has 2 aliphatic rings. The second-order valence-corrected chi connectivity index (χ2v) is 10.1. The number of guanidine groups is 1. The van der Waals surface area contributed by atoms with Crippen LogP contribution in [0.1, 0.15) is 32.6 Å². The van der Waals surface area contributed by atoms with E-state index in [9.17, 15) is 8.42 Å². The highest BCUT2D eigenvalue weighted by atomic mass is 32.2. The fourth-order valence-electron chi connectivity index (χ4n) is 4.12. The fourth-order valence-corrected chi connectivity index (χ4v) is 5.60. The molecule has 2 aromatic carbocycles. The second kappa shape index (κ2) is 9.44. The lowest BCUT2D eigenvalue weighted by molar-refractivity contribution is 0.312. The van der Waals surface area contributed by atoms with Gasteiger partial charge in [-0.25, -0.2) is 12.7 Å². The highest BCUT2D eigenvalue weighted by Gasteiger charge is 2.33. The molecule has 0 spiro atoms. The third kappa shape index (κ3) is 4.65. The van der Waals surface area contributed by atoms with Crippen molar-refractivity contribution in [3.8, 4) is 5.75 Å². The Morgan fingerprint density at radius 3 is 2.65 bits per heavy atom. The molecule has 168 valence electrons. The van der Waals surface area contributed by atoms with Crippen molar-refractivity contribution in [1.82, 2.24) is 14.5 Å². The Balaban J connectivity index is 1.54. The molecule has 0 aromatic heterocycles. The van der Waals surface area contributed by atoms with E-state index in [2.05, 4.69) is 22.1 Å². The molecule has 0 radical (unpaired) electrons.